The van der Waals surface area contributed by atoms with Crippen molar-refractivity contribution in [3.63, 3.8) is 0 Å². The minimum atomic E-state index is 0.377. The zero-order chi connectivity index (χ0) is 17.8. The fourth-order valence-electron chi connectivity index (χ4n) is 3.83. The molecule has 1 aromatic carbocycles. The van der Waals surface area contributed by atoms with Crippen LogP contribution < -0.4 is 0 Å². The van der Waals surface area contributed by atoms with E-state index in [0.717, 1.165) is 43.3 Å². The SMILES string of the molecule is Cc1nccn1-c1cncc([C@@H]2CCCN2CCCc2ccccc2)n1. The Labute approximate surface area is 154 Å². The quantitative estimate of drug-likeness (QED) is 0.681. The van der Waals surface area contributed by atoms with Gasteiger partial charge in [0.2, 0.25) is 0 Å². The molecule has 1 atom stereocenters. The van der Waals surface area contributed by atoms with Crippen LogP contribution in [-0.2, 0) is 6.42 Å². The van der Waals surface area contributed by atoms with Crippen molar-refractivity contribution in [1.29, 1.82) is 0 Å². The van der Waals surface area contributed by atoms with Crippen molar-refractivity contribution in [3.8, 4) is 5.82 Å². The number of hydrogen-bond donors (Lipinski definition) is 0. The van der Waals surface area contributed by atoms with Gasteiger partial charge in [-0.2, -0.15) is 0 Å². The first-order chi connectivity index (χ1) is 12.8. The molecule has 1 saturated heterocycles. The molecule has 0 N–H and O–H groups in total. The molecular formula is C21H25N5. The number of aromatic nitrogens is 4. The summed E-state index contributed by atoms with van der Waals surface area (Å²) < 4.78 is 1.99. The molecule has 0 unspecified atom stereocenters. The lowest BCUT2D eigenvalue weighted by Crippen LogP contribution is -2.25. The molecule has 1 aliphatic heterocycles. The average Bonchev–Trinajstić information content (AvgIpc) is 3.32. The lowest BCUT2D eigenvalue weighted by Gasteiger charge is -2.24. The Kier molecular flexibility index (Phi) is 5.07. The molecule has 0 radical (unpaired) electrons. The zero-order valence-electron chi connectivity index (χ0n) is 15.3. The van der Waals surface area contributed by atoms with Gasteiger partial charge in [0.1, 0.15) is 5.82 Å². The van der Waals surface area contributed by atoms with E-state index in [-0.39, 0.29) is 0 Å². The summed E-state index contributed by atoms with van der Waals surface area (Å²) in [6.07, 6.45) is 12.2. The van der Waals surface area contributed by atoms with Crippen LogP contribution >= 0.6 is 0 Å². The first-order valence-corrected chi connectivity index (χ1v) is 9.41. The van der Waals surface area contributed by atoms with Crippen molar-refractivity contribution in [2.24, 2.45) is 0 Å². The van der Waals surface area contributed by atoms with Crippen LogP contribution in [0.15, 0.2) is 55.1 Å². The van der Waals surface area contributed by atoms with Crippen LogP contribution in [0, 0.1) is 6.92 Å². The Balaban J connectivity index is 1.44. The smallest absolute Gasteiger partial charge is 0.156 e. The van der Waals surface area contributed by atoms with Crippen molar-refractivity contribution in [3.05, 3.63) is 72.2 Å². The van der Waals surface area contributed by atoms with Gasteiger partial charge in [0, 0.05) is 12.4 Å². The highest BCUT2D eigenvalue weighted by Crippen LogP contribution is 2.31. The summed E-state index contributed by atoms with van der Waals surface area (Å²) in [5.41, 5.74) is 2.49. The van der Waals surface area contributed by atoms with E-state index in [2.05, 4.69) is 45.2 Å². The van der Waals surface area contributed by atoms with Gasteiger partial charge >= 0.3 is 0 Å². The van der Waals surface area contributed by atoms with E-state index in [9.17, 15) is 0 Å². The van der Waals surface area contributed by atoms with Crippen molar-refractivity contribution < 1.29 is 0 Å². The van der Waals surface area contributed by atoms with Gasteiger partial charge in [-0.15, -0.1) is 0 Å². The molecule has 134 valence electrons. The first-order valence-electron chi connectivity index (χ1n) is 9.41. The zero-order valence-corrected chi connectivity index (χ0v) is 15.3. The molecule has 26 heavy (non-hydrogen) atoms. The highest BCUT2D eigenvalue weighted by molar-refractivity contribution is 5.23. The fourth-order valence-corrected chi connectivity index (χ4v) is 3.83. The van der Waals surface area contributed by atoms with Crippen molar-refractivity contribution >= 4 is 0 Å². The van der Waals surface area contributed by atoms with Crippen LogP contribution in [0.2, 0.25) is 0 Å². The van der Waals surface area contributed by atoms with Crippen molar-refractivity contribution in [1.82, 2.24) is 24.4 Å². The van der Waals surface area contributed by atoms with Gasteiger partial charge < -0.3 is 0 Å². The average molecular weight is 347 g/mol. The van der Waals surface area contributed by atoms with Gasteiger partial charge in [-0.1, -0.05) is 30.3 Å². The lowest BCUT2D eigenvalue weighted by atomic mass is 10.1. The molecule has 2 aromatic heterocycles. The van der Waals surface area contributed by atoms with Gasteiger partial charge in [-0.05, 0) is 51.3 Å². The second-order valence-corrected chi connectivity index (χ2v) is 6.93. The normalized spacial score (nSPS) is 17.7. The molecule has 1 fully saturated rings. The highest BCUT2D eigenvalue weighted by atomic mass is 15.2. The summed E-state index contributed by atoms with van der Waals surface area (Å²) in [7, 11) is 0. The van der Waals surface area contributed by atoms with Crippen LogP contribution in [0.1, 0.15) is 42.4 Å². The second kappa shape index (κ2) is 7.79. The van der Waals surface area contributed by atoms with Crippen molar-refractivity contribution in [2.75, 3.05) is 13.1 Å². The Bertz CT molecular complexity index is 842. The van der Waals surface area contributed by atoms with E-state index in [1.165, 1.54) is 18.4 Å². The molecule has 3 heterocycles. The third kappa shape index (κ3) is 3.68. The number of rotatable bonds is 6. The largest absolute Gasteiger partial charge is 0.295 e. The summed E-state index contributed by atoms with van der Waals surface area (Å²) >= 11 is 0. The Morgan fingerprint density at radius 2 is 2.04 bits per heavy atom. The van der Waals surface area contributed by atoms with Crippen LogP contribution in [0.25, 0.3) is 5.82 Å². The van der Waals surface area contributed by atoms with E-state index in [0.29, 0.717) is 6.04 Å². The molecule has 5 heteroatoms. The molecule has 0 amide bonds. The van der Waals surface area contributed by atoms with Crippen LogP contribution in [0.4, 0.5) is 0 Å². The third-order valence-electron chi connectivity index (χ3n) is 5.17. The summed E-state index contributed by atoms with van der Waals surface area (Å²) in [6.45, 7) is 4.24. The minimum Gasteiger partial charge on any atom is -0.295 e. The summed E-state index contributed by atoms with van der Waals surface area (Å²) in [6, 6.07) is 11.1. The van der Waals surface area contributed by atoms with Crippen molar-refractivity contribution in [2.45, 2.75) is 38.6 Å². The molecule has 3 aromatic rings. The van der Waals surface area contributed by atoms with Gasteiger partial charge in [-0.3, -0.25) is 14.5 Å². The van der Waals surface area contributed by atoms with E-state index in [1.54, 1.807) is 6.20 Å². The number of nitrogens with zero attached hydrogens (tertiary/aromatic N) is 5. The predicted octanol–water partition coefficient (Wildman–Crippen LogP) is 3.74. The molecule has 0 aliphatic carbocycles. The maximum Gasteiger partial charge on any atom is 0.156 e. The van der Waals surface area contributed by atoms with E-state index in [1.807, 2.05) is 30.1 Å². The lowest BCUT2D eigenvalue weighted by molar-refractivity contribution is 0.249. The summed E-state index contributed by atoms with van der Waals surface area (Å²) in [4.78, 5) is 16.2. The van der Waals surface area contributed by atoms with E-state index < -0.39 is 0 Å². The Morgan fingerprint density at radius 3 is 2.85 bits per heavy atom. The number of hydrogen-bond acceptors (Lipinski definition) is 4. The Morgan fingerprint density at radius 1 is 1.15 bits per heavy atom. The molecule has 1 aliphatic rings. The molecule has 4 rings (SSSR count). The standard InChI is InChI=1S/C21H25N5/c1-17-23-11-14-26(17)21-16-22-15-19(24-21)20-10-6-13-25(20)12-5-9-18-7-3-2-4-8-18/h2-4,7-8,11,14-16,20H,5-6,9-10,12-13H2,1H3/t20-/m0/s1. The third-order valence-corrected chi connectivity index (χ3v) is 5.17. The molecule has 0 spiro atoms. The first kappa shape index (κ1) is 16.9. The fraction of sp³-hybridized carbons (Fsp3) is 0.381. The number of benzene rings is 1. The Hall–Kier alpha value is -2.53. The maximum absolute atomic E-state index is 4.89. The topological polar surface area (TPSA) is 46.8 Å². The van der Waals surface area contributed by atoms with Gasteiger partial charge in [-0.25, -0.2) is 9.97 Å². The van der Waals surface area contributed by atoms with Gasteiger partial charge in [0.25, 0.3) is 0 Å². The minimum absolute atomic E-state index is 0.377. The number of likely N-dealkylation sites (tertiary alicyclic amines) is 1. The van der Waals surface area contributed by atoms with Crippen LogP contribution in [-0.4, -0.2) is 37.5 Å². The molecule has 0 bridgehead atoms. The number of imidazole rings is 1. The summed E-state index contributed by atoms with van der Waals surface area (Å²) in [5, 5.41) is 0. The molecule has 0 saturated carbocycles. The molecular weight excluding hydrogens is 322 g/mol. The second-order valence-electron chi connectivity index (χ2n) is 6.93. The maximum atomic E-state index is 4.89. The number of aryl methyl sites for hydroxylation is 2. The van der Waals surface area contributed by atoms with Gasteiger partial charge in [0.15, 0.2) is 5.82 Å². The van der Waals surface area contributed by atoms with E-state index >= 15 is 0 Å². The van der Waals surface area contributed by atoms with Gasteiger partial charge in [0.05, 0.1) is 24.1 Å². The van der Waals surface area contributed by atoms with Crippen LogP contribution in [0.3, 0.4) is 0 Å². The van der Waals surface area contributed by atoms with Crippen LogP contribution in [0.5, 0.6) is 0 Å². The van der Waals surface area contributed by atoms with E-state index in [4.69, 9.17) is 4.98 Å². The monoisotopic (exact) mass is 347 g/mol. The predicted molar refractivity (Wildman–Crippen MR) is 102 cm³/mol. The summed E-state index contributed by atoms with van der Waals surface area (Å²) in [5.74, 6) is 1.79. The highest BCUT2D eigenvalue weighted by Gasteiger charge is 2.27. The molecule has 5 nitrogen and oxygen atoms in total.